The number of pyridine rings is 1. The predicted molar refractivity (Wildman–Crippen MR) is 87.0 cm³/mol. The summed E-state index contributed by atoms with van der Waals surface area (Å²) in [5.41, 5.74) is 3.89. The van der Waals surface area contributed by atoms with E-state index >= 15 is 0 Å². The first-order valence-electron chi connectivity index (χ1n) is 7.55. The highest BCUT2D eigenvalue weighted by Crippen LogP contribution is 2.28. The average molecular weight is 274 g/mol. The van der Waals surface area contributed by atoms with Crippen LogP contribution in [0.3, 0.4) is 0 Å². The lowest BCUT2D eigenvalue weighted by Crippen LogP contribution is -2.14. The Bertz CT molecular complexity index is 753. The summed E-state index contributed by atoms with van der Waals surface area (Å²) in [5, 5.41) is 6.00. The molecule has 2 heteroatoms. The first kappa shape index (κ1) is 12.5. The fourth-order valence-corrected chi connectivity index (χ4v) is 2.73. The number of hydrogen-bond donors (Lipinski definition) is 1. The number of benzene rings is 2. The van der Waals surface area contributed by atoms with Crippen molar-refractivity contribution in [2.24, 2.45) is 0 Å². The molecule has 0 bridgehead atoms. The van der Waals surface area contributed by atoms with Crippen molar-refractivity contribution < 1.29 is 0 Å². The standard InChI is InChI=1S/C19H18N2/c1-2-16-13-20-11-10-19(16)18(3-1)15-6-4-14(5-7-15)12-21-17-8-9-17/h1-7,10-11,13,17,21H,8-9,12H2. The average Bonchev–Trinajstić information content (AvgIpc) is 3.37. The van der Waals surface area contributed by atoms with E-state index in [1.165, 1.54) is 40.3 Å². The molecular weight excluding hydrogens is 256 g/mol. The third-order valence-corrected chi connectivity index (χ3v) is 4.12. The summed E-state index contributed by atoms with van der Waals surface area (Å²) in [6, 6.07) is 18.1. The Hall–Kier alpha value is -2.19. The molecule has 0 atom stereocenters. The van der Waals surface area contributed by atoms with Gasteiger partial charge in [0.05, 0.1) is 0 Å². The molecule has 1 N–H and O–H groups in total. The van der Waals surface area contributed by atoms with Crippen LogP contribution < -0.4 is 5.32 Å². The van der Waals surface area contributed by atoms with E-state index in [9.17, 15) is 0 Å². The summed E-state index contributed by atoms with van der Waals surface area (Å²) in [6.45, 7) is 0.977. The first-order valence-corrected chi connectivity index (χ1v) is 7.55. The summed E-state index contributed by atoms with van der Waals surface area (Å²) in [7, 11) is 0. The zero-order valence-corrected chi connectivity index (χ0v) is 11.9. The minimum Gasteiger partial charge on any atom is -0.310 e. The second kappa shape index (κ2) is 5.30. The minimum atomic E-state index is 0.759. The van der Waals surface area contributed by atoms with Crippen LogP contribution in [0, 0.1) is 0 Å². The molecule has 1 aliphatic rings. The molecular formula is C19H18N2. The Morgan fingerprint density at radius 2 is 1.86 bits per heavy atom. The van der Waals surface area contributed by atoms with Gasteiger partial charge in [0.1, 0.15) is 0 Å². The molecule has 1 aromatic heterocycles. The van der Waals surface area contributed by atoms with Crippen molar-refractivity contribution in [2.75, 3.05) is 0 Å². The van der Waals surface area contributed by atoms with Crippen LogP contribution in [0.4, 0.5) is 0 Å². The van der Waals surface area contributed by atoms with Crippen molar-refractivity contribution >= 4 is 10.8 Å². The number of nitrogens with one attached hydrogen (secondary N) is 1. The fourth-order valence-electron chi connectivity index (χ4n) is 2.73. The lowest BCUT2D eigenvalue weighted by molar-refractivity contribution is 0.688. The van der Waals surface area contributed by atoms with Gasteiger partial charge in [-0.3, -0.25) is 4.98 Å². The van der Waals surface area contributed by atoms with Gasteiger partial charge in [0.2, 0.25) is 0 Å². The van der Waals surface area contributed by atoms with Crippen molar-refractivity contribution in [3.05, 3.63) is 66.5 Å². The van der Waals surface area contributed by atoms with E-state index in [4.69, 9.17) is 0 Å². The van der Waals surface area contributed by atoms with E-state index in [0.29, 0.717) is 0 Å². The quantitative estimate of drug-likeness (QED) is 0.773. The van der Waals surface area contributed by atoms with Crippen molar-refractivity contribution in [3.63, 3.8) is 0 Å². The van der Waals surface area contributed by atoms with E-state index in [2.05, 4.69) is 58.8 Å². The maximum Gasteiger partial charge on any atom is 0.0346 e. The molecule has 2 aromatic carbocycles. The van der Waals surface area contributed by atoms with Gasteiger partial charge < -0.3 is 5.32 Å². The number of aromatic nitrogens is 1. The zero-order chi connectivity index (χ0) is 14.1. The van der Waals surface area contributed by atoms with Crippen LogP contribution in [0.15, 0.2) is 60.9 Å². The van der Waals surface area contributed by atoms with E-state index in [-0.39, 0.29) is 0 Å². The molecule has 4 rings (SSSR count). The Balaban J connectivity index is 1.65. The normalized spacial score (nSPS) is 14.5. The summed E-state index contributed by atoms with van der Waals surface area (Å²) in [6.07, 6.45) is 6.46. The summed E-state index contributed by atoms with van der Waals surface area (Å²) in [5.74, 6) is 0. The summed E-state index contributed by atoms with van der Waals surface area (Å²) < 4.78 is 0. The van der Waals surface area contributed by atoms with Crippen molar-refractivity contribution in [2.45, 2.75) is 25.4 Å². The van der Waals surface area contributed by atoms with Crippen LogP contribution in [0.1, 0.15) is 18.4 Å². The van der Waals surface area contributed by atoms with Crippen molar-refractivity contribution in [1.29, 1.82) is 0 Å². The molecule has 0 unspecified atom stereocenters. The number of nitrogens with zero attached hydrogens (tertiary/aromatic N) is 1. The Morgan fingerprint density at radius 1 is 1.00 bits per heavy atom. The highest BCUT2D eigenvalue weighted by Gasteiger charge is 2.19. The Morgan fingerprint density at radius 3 is 2.67 bits per heavy atom. The highest BCUT2D eigenvalue weighted by atomic mass is 14.9. The topological polar surface area (TPSA) is 24.9 Å². The first-order chi connectivity index (χ1) is 10.4. The third kappa shape index (κ3) is 2.67. The molecule has 0 spiro atoms. The van der Waals surface area contributed by atoms with Gasteiger partial charge in [0.15, 0.2) is 0 Å². The molecule has 2 nitrogen and oxygen atoms in total. The lowest BCUT2D eigenvalue weighted by atomic mass is 9.98. The molecule has 0 aliphatic heterocycles. The van der Waals surface area contributed by atoms with Crippen molar-refractivity contribution in [1.82, 2.24) is 10.3 Å². The van der Waals surface area contributed by atoms with Crippen LogP contribution in [-0.2, 0) is 6.54 Å². The van der Waals surface area contributed by atoms with E-state index in [1.807, 2.05) is 12.4 Å². The highest BCUT2D eigenvalue weighted by molar-refractivity contribution is 5.96. The maximum absolute atomic E-state index is 4.20. The molecule has 1 fully saturated rings. The molecule has 0 saturated heterocycles. The summed E-state index contributed by atoms with van der Waals surface area (Å²) in [4.78, 5) is 4.20. The van der Waals surface area contributed by atoms with E-state index in [1.54, 1.807) is 0 Å². The van der Waals surface area contributed by atoms with Gasteiger partial charge in [0.25, 0.3) is 0 Å². The SMILES string of the molecule is c1cc(-c2ccc(CNC3CC3)cc2)c2ccncc2c1. The molecule has 3 aromatic rings. The molecule has 0 radical (unpaired) electrons. The van der Waals surface area contributed by atoms with Crippen LogP contribution in [0.5, 0.6) is 0 Å². The lowest BCUT2D eigenvalue weighted by Gasteiger charge is -2.08. The zero-order valence-electron chi connectivity index (χ0n) is 11.9. The number of fused-ring (bicyclic) bond motifs is 1. The molecule has 1 heterocycles. The van der Waals surface area contributed by atoms with Gasteiger partial charge in [-0.15, -0.1) is 0 Å². The fraction of sp³-hybridized carbons (Fsp3) is 0.211. The van der Waals surface area contributed by atoms with Gasteiger partial charge in [-0.1, -0.05) is 42.5 Å². The predicted octanol–water partition coefficient (Wildman–Crippen LogP) is 4.15. The molecule has 1 saturated carbocycles. The van der Waals surface area contributed by atoms with Crippen molar-refractivity contribution in [3.8, 4) is 11.1 Å². The third-order valence-electron chi connectivity index (χ3n) is 4.12. The van der Waals surface area contributed by atoms with Crippen LogP contribution in [-0.4, -0.2) is 11.0 Å². The molecule has 104 valence electrons. The Labute approximate surface area is 124 Å². The number of hydrogen-bond acceptors (Lipinski definition) is 2. The van der Waals surface area contributed by atoms with Crippen LogP contribution in [0.2, 0.25) is 0 Å². The minimum absolute atomic E-state index is 0.759. The van der Waals surface area contributed by atoms with Gasteiger partial charge in [-0.25, -0.2) is 0 Å². The maximum atomic E-state index is 4.20. The monoisotopic (exact) mass is 274 g/mol. The van der Waals surface area contributed by atoms with Crippen LogP contribution in [0.25, 0.3) is 21.9 Å². The number of rotatable bonds is 4. The summed E-state index contributed by atoms with van der Waals surface area (Å²) >= 11 is 0. The molecule has 0 amide bonds. The van der Waals surface area contributed by atoms with Gasteiger partial charge in [-0.2, -0.15) is 0 Å². The van der Waals surface area contributed by atoms with Crippen LogP contribution >= 0.6 is 0 Å². The molecule has 21 heavy (non-hydrogen) atoms. The molecule has 1 aliphatic carbocycles. The van der Waals surface area contributed by atoms with Gasteiger partial charge in [0, 0.05) is 30.4 Å². The largest absolute Gasteiger partial charge is 0.310 e. The van der Waals surface area contributed by atoms with E-state index in [0.717, 1.165) is 12.6 Å². The van der Waals surface area contributed by atoms with Gasteiger partial charge in [-0.05, 0) is 41.0 Å². The second-order valence-corrected chi connectivity index (χ2v) is 5.75. The van der Waals surface area contributed by atoms with E-state index < -0.39 is 0 Å². The second-order valence-electron chi connectivity index (χ2n) is 5.75. The smallest absolute Gasteiger partial charge is 0.0346 e. The van der Waals surface area contributed by atoms with Gasteiger partial charge >= 0.3 is 0 Å². The Kier molecular flexibility index (Phi) is 3.17.